The van der Waals surface area contributed by atoms with Gasteiger partial charge in [0.2, 0.25) is 0 Å². The fourth-order valence-electron chi connectivity index (χ4n) is 2.52. The van der Waals surface area contributed by atoms with Crippen molar-refractivity contribution in [3.63, 3.8) is 0 Å². The number of H-pyrrole nitrogens is 1. The van der Waals surface area contributed by atoms with E-state index in [1.54, 1.807) is 6.07 Å². The maximum absolute atomic E-state index is 12.1. The minimum absolute atomic E-state index is 0.0854. The van der Waals surface area contributed by atoms with Crippen LogP contribution in [0, 0.1) is 11.3 Å². The normalized spacial score (nSPS) is 22.1. The van der Waals surface area contributed by atoms with E-state index in [0.717, 1.165) is 10.6 Å². The monoisotopic (exact) mass is 363 g/mol. The van der Waals surface area contributed by atoms with Crippen LogP contribution in [0.3, 0.4) is 0 Å². The van der Waals surface area contributed by atoms with Crippen molar-refractivity contribution in [2.75, 3.05) is 6.61 Å². The molecule has 0 aliphatic carbocycles. The zero-order chi connectivity index (χ0) is 19.3. The van der Waals surface area contributed by atoms with Crippen LogP contribution in [0.1, 0.15) is 32.1 Å². The third-order valence-corrected chi connectivity index (χ3v) is 3.59. The summed E-state index contributed by atoms with van der Waals surface area (Å²) in [6.45, 7) is 2.31. The summed E-state index contributed by atoms with van der Waals surface area (Å²) in [5, 5.41) is 8.58. The topological polar surface area (TPSA) is 140 Å². The van der Waals surface area contributed by atoms with Crippen LogP contribution < -0.4 is 11.2 Å². The number of hydrogen-bond donors (Lipinski definition) is 1. The van der Waals surface area contributed by atoms with Gasteiger partial charge in [-0.25, -0.2) is 4.79 Å². The SMILES string of the molecule is CC(=O)OC[C@H]1O[C@@H](n2cc(C=CC#N)c(=O)[nH]c2=O)C[C@@H]1OC(C)=O. The summed E-state index contributed by atoms with van der Waals surface area (Å²) in [5.41, 5.74) is -1.28. The molecule has 0 radical (unpaired) electrons. The smallest absolute Gasteiger partial charge is 0.330 e. The van der Waals surface area contributed by atoms with Crippen LogP contribution in [0.2, 0.25) is 0 Å². The zero-order valence-corrected chi connectivity index (χ0v) is 14.1. The van der Waals surface area contributed by atoms with Gasteiger partial charge in [0.1, 0.15) is 25.0 Å². The maximum atomic E-state index is 12.1. The standard InChI is InChI=1S/C16H17N3O7/c1-9(20)24-8-13-12(25-10(2)21)6-14(26-13)19-7-11(4-3-5-17)15(22)18-16(19)23/h3-4,7,12-14H,6,8H2,1-2H3,(H,18,22,23)/t12-,13+,14+/m0/s1. The molecule has 1 saturated heterocycles. The first-order valence-corrected chi connectivity index (χ1v) is 7.69. The molecule has 0 saturated carbocycles. The van der Waals surface area contributed by atoms with E-state index in [0.29, 0.717) is 0 Å². The Kier molecular flexibility index (Phi) is 6.08. The van der Waals surface area contributed by atoms with Crippen molar-refractivity contribution in [2.45, 2.75) is 38.7 Å². The summed E-state index contributed by atoms with van der Waals surface area (Å²) >= 11 is 0. The van der Waals surface area contributed by atoms with Gasteiger partial charge in [0.05, 0.1) is 11.6 Å². The first-order chi connectivity index (χ1) is 12.3. The molecule has 3 atom stereocenters. The van der Waals surface area contributed by atoms with E-state index in [2.05, 4.69) is 4.98 Å². The third-order valence-electron chi connectivity index (χ3n) is 3.59. The molecule has 138 valence electrons. The molecule has 0 spiro atoms. The molecule has 1 N–H and O–H groups in total. The molecule has 1 aromatic rings. The number of nitrogens with zero attached hydrogens (tertiary/aromatic N) is 2. The highest BCUT2D eigenvalue weighted by Crippen LogP contribution is 2.30. The number of carbonyl (C=O) groups is 2. The van der Waals surface area contributed by atoms with Gasteiger partial charge < -0.3 is 14.2 Å². The number of nitrogens with one attached hydrogen (secondary N) is 1. The van der Waals surface area contributed by atoms with Gasteiger partial charge >= 0.3 is 17.6 Å². The van der Waals surface area contributed by atoms with Gasteiger partial charge in [-0.05, 0) is 6.08 Å². The van der Waals surface area contributed by atoms with Gasteiger partial charge in [-0.2, -0.15) is 5.26 Å². The van der Waals surface area contributed by atoms with Crippen LogP contribution in [-0.4, -0.2) is 40.3 Å². The Balaban J connectivity index is 2.30. The van der Waals surface area contributed by atoms with E-state index in [1.165, 1.54) is 26.1 Å². The van der Waals surface area contributed by atoms with Crippen molar-refractivity contribution in [1.29, 1.82) is 5.26 Å². The Morgan fingerprint density at radius 2 is 2.15 bits per heavy atom. The molecule has 10 nitrogen and oxygen atoms in total. The fourth-order valence-corrected chi connectivity index (χ4v) is 2.52. The molecular weight excluding hydrogens is 346 g/mol. The lowest BCUT2D eigenvalue weighted by Crippen LogP contribution is -2.33. The molecular formula is C16H17N3O7. The van der Waals surface area contributed by atoms with Crippen molar-refractivity contribution in [2.24, 2.45) is 0 Å². The Hall–Kier alpha value is -3.19. The number of ether oxygens (including phenoxy) is 3. The van der Waals surface area contributed by atoms with Crippen LogP contribution in [0.15, 0.2) is 21.9 Å². The number of aromatic amines is 1. The maximum Gasteiger partial charge on any atom is 0.330 e. The van der Waals surface area contributed by atoms with Crippen LogP contribution in [0.5, 0.6) is 0 Å². The minimum Gasteiger partial charge on any atom is -0.463 e. The van der Waals surface area contributed by atoms with Crippen molar-refractivity contribution >= 4 is 18.0 Å². The summed E-state index contributed by atoms with van der Waals surface area (Å²) < 4.78 is 16.9. The second kappa shape index (κ2) is 8.26. The number of rotatable bonds is 5. The predicted molar refractivity (Wildman–Crippen MR) is 86.7 cm³/mol. The molecule has 10 heteroatoms. The second-order valence-corrected chi connectivity index (χ2v) is 5.53. The highest BCUT2D eigenvalue weighted by atomic mass is 16.6. The van der Waals surface area contributed by atoms with Gasteiger partial charge in [0, 0.05) is 32.5 Å². The average molecular weight is 363 g/mol. The molecule has 0 bridgehead atoms. The second-order valence-electron chi connectivity index (χ2n) is 5.53. The Labute approximate surface area is 147 Å². The van der Waals surface area contributed by atoms with E-state index in [9.17, 15) is 19.2 Å². The highest BCUT2D eigenvalue weighted by molar-refractivity contribution is 5.66. The van der Waals surface area contributed by atoms with Crippen LogP contribution in [-0.2, 0) is 23.8 Å². The van der Waals surface area contributed by atoms with Gasteiger partial charge in [-0.3, -0.25) is 23.9 Å². The number of aromatic nitrogens is 2. The first kappa shape index (κ1) is 19.1. The Bertz CT molecular complexity index is 877. The number of hydrogen-bond acceptors (Lipinski definition) is 8. The van der Waals surface area contributed by atoms with Gasteiger partial charge in [-0.1, -0.05) is 0 Å². The summed E-state index contributed by atoms with van der Waals surface area (Å²) in [6.07, 6.45) is 1.39. The minimum atomic E-state index is -0.849. The molecule has 1 aliphatic rings. The fraction of sp³-hybridized carbons (Fsp3) is 0.438. The van der Waals surface area contributed by atoms with Crippen molar-refractivity contribution in [3.8, 4) is 6.07 Å². The van der Waals surface area contributed by atoms with E-state index < -0.39 is 41.6 Å². The van der Waals surface area contributed by atoms with Gasteiger partial charge in [0.25, 0.3) is 5.56 Å². The van der Waals surface area contributed by atoms with Gasteiger partial charge in [0.15, 0.2) is 0 Å². The number of allylic oxidation sites excluding steroid dienone is 1. The quantitative estimate of drug-likeness (QED) is 0.563. The lowest BCUT2D eigenvalue weighted by Gasteiger charge is -2.17. The molecule has 1 aliphatic heterocycles. The van der Waals surface area contributed by atoms with E-state index in [1.807, 2.05) is 0 Å². The summed E-state index contributed by atoms with van der Waals surface area (Å²) in [7, 11) is 0. The van der Waals surface area contributed by atoms with Crippen LogP contribution in [0.4, 0.5) is 0 Å². The Morgan fingerprint density at radius 3 is 2.77 bits per heavy atom. The van der Waals surface area contributed by atoms with E-state index in [-0.39, 0.29) is 18.6 Å². The number of esters is 2. The van der Waals surface area contributed by atoms with Crippen LogP contribution in [0.25, 0.3) is 6.08 Å². The largest absolute Gasteiger partial charge is 0.463 e. The summed E-state index contributed by atoms with van der Waals surface area (Å²) in [6, 6.07) is 1.75. The lowest BCUT2D eigenvalue weighted by atomic mass is 10.2. The highest BCUT2D eigenvalue weighted by Gasteiger charge is 2.39. The molecule has 0 aromatic carbocycles. The number of nitriles is 1. The van der Waals surface area contributed by atoms with Crippen molar-refractivity contribution < 1.29 is 23.8 Å². The van der Waals surface area contributed by atoms with Crippen molar-refractivity contribution in [1.82, 2.24) is 9.55 Å². The molecule has 1 fully saturated rings. The average Bonchev–Trinajstić information content (AvgIpc) is 2.94. The van der Waals surface area contributed by atoms with Crippen molar-refractivity contribution in [3.05, 3.63) is 38.7 Å². The molecule has 2 heterocycles. The molecule has 2 rings (SSSR count). The third kappa shape index (κ3) is 4.67. The van der Waals surface area contributed by atoms with E-state index in [4.69, 9.17) is 19.5 Å². The van der Waals surface area contributed by atoms with Gasteiger partial charge in [-0.15, -0.1) is 0 Å². The molecule has 0 unspecified atom stereocenters. The predicted octanol–water partition coefficient (Wildman–Crippen LogP) is -0.144. The molecule has 0 amide bonds. The molecule has 26 heavy (non-hydrogen) atoms. The summed E-state index contributed by atoms with van der Waals surface area (Å²) in [4.78, 5) is 48.3. The first-order valence-electron chi connectivity index (χ1n) is 7.69. The van der Waals surface area contributed by atoms with E-state index >= 15 is 0 Å². The molecule has 1 aromatic heterocycles. The number of carbonyl (C=O) groups excluding carboxylic acids is 2. The zero-order valence-electron chi connectivity index (χ0n) is 14.1. The Morgan fingerprint density at radius 1 is 1.42 bits per heavy atom. The lowest BCUT2D eigenvalue weighted by molar-refractivity contribution is -0.155. The summed E-state index contributed by atoms with van der Waals surface area (Å²) in [5.74, 6) is -1.07. The van der Waals surface area contributed by atoms with Crippen LogP contribution >= 0.6 is 0 Å².